The molecule has 1 atom stereocenters. The maximum absolute atomic E-state index is 13.3. The van der Waals surface area contributed by atoms with E-state index in [0.717, 1.165) is 16.4 Å². The number of aromatic hydroxyl groups is 1. The molecule has 2 N–H and O–H groups in total. The van der Waals surface area contributed by atoms with Crippen LogP contribution in [0, 0.1) is 0 Å². The zero-order valence-corrected chi connectivity index (χ0v) is 20.5. The van der Waals surface area contributed by atoms with E-state index in [1.165, 1.54) is 24.3 Å². The number of nitrogens with one attached hydrogen (secondary N) is 1. The second kappa shape index (κ2) is 9.72. The molecule has 2 aromatic heterocycles. The molecule has 0 saturated carbocycles. The Bertz CT molecular complexity index is 1570. The van der Waals surface area contributed by atoms with Gasteiger partial charge >= 0.3 is 6.18 Å². The number of phenolic OH excluding ortho intramolecular Hbond substituents is 1. The van der Waals surface area contributed by atoms with E-state index in [0.29, 0.717) is 29.4 Å². The molecule has 0 bridgehead atoms. The Morgan fingerprint density at radius 2 is 1.89 bits per heavy atom. The molecule has 13 heteroatoms. The van der Waals surface area contributed by atoms with Crippen LogP contribution in [0.3, 0.4) is 0 Å². The summed E-state index contributed by atoms with van der Waals surface area (Å²) in [6.45, 7) is 0.141. The average Bonchev–Trinajstić information content (AvgIpc) is 3.56. The largest absolute Gasteiger partial charge is 0.507 e. The Morgan fingerprint density at radius 3 is 2.61 bits per heavy atom. The van der Waals surface area contributed by atoms with Gasteiger partial charge < -0.3 is 14.8 Å². The Kier molecular flexibility index (Phi) is 6.57. The van der Waals surface area contributed by atoms with E-state index in [-0.39, 0.29) is 35.2 Å². The summed E-state index contributed by atoms with van der Waals surface area (Å²) in [5, 5.41) is 20.0. The van der Waals surface area contributed by atoms with E-state index in [2.05, 4.69) is 15.5 Å². The van der Waals surface area contributed by atoms with Crippen molar-refractivity contribution in [1.29, 1.82) is 0 Å². The van der Waals surface area contributed by atoms with Crippen molar-refractivity contribution < 1.29 is 35.9 Å². The standard InChI is InChI=1S/C25H21F3N4O5S/c26-25(27,28)22-10-8-18(30-31-22)17-12-15(7-9-20(17)33)14-29-24(34)19-5-3-11-32(19)38(35,36)23-13-16-4-1-2-6-21(16)37-23/h1-2,4,6-10,12-13,19,33H,3,5,11,14H2,(H,29,34)/t19-/m0/s1. The van der Waals surface area contributed by atoms with Crippen LogP contribution in [-0.2, 0) is 27.5 Å². The molecule has 0 unspecified atom stereocenters. The molecule has 9 nitrogen and oxygen atoms in total. The van der Waals surface area contributed by atoms with Crippen molar-refractivity contribution in [3.8, 4) is 17.0 Å². The highest BCUT2D eigenvalue weighted by molar-refractivity contribution is 7.89. The number of rotatable bonds is 6. The summed E-state index contributed by atoms with van der Waals surface area (Å²) in [7, 11) is -4.06. The molecule has 1 fully saturated rings. The molecule has 0 radical (unpaired) electrons. The van der Waals surface area contributed by atoms with Gasteiger partial charge in [0.1, 0.15) is 17.4 Å². The summed E-state index contributed by atoms with van der Waals surface area (Å²) in [5.41, 5.74) is -0.0805. The molecular formula is C25H21F3N4O5S. The topological polar surface area (TPSA) is 126 Å². The molecule has 1 saturated heterocycles. The molecule has 0 spiro atoms. The summed E-state index contributed by atoms with van der Waals surface area (Å²) in [6.07, 6.45) is -3.83. The third-order valence-corrected chi connectivity index (χ3v) is 8.00. The number of alkyl halides is 3. The lowest BCUT2D eigenvalue weighted by atomic mass is 10.1. The van der Waals surface area contributed by atoms with Crippen LogP contribution in [0.25, 0.3) is 22.2 Å². The highest BCUT2D eigenvalue weighted by Crippen LogP contribution is 2.32. The molecule has 1 aliphatic heterocycles. The monoisotopic (exact) mass is 546 g/mol. The van der Waals surface area contributed by atoms with Crippen molar-refractivity contribution in [3.05, 3.63) is 71.9 Å². The number of carbonyl (C=O) groups is 1. The Balaban J connectivity index is 1.30. The first-order chi connectivity index (χ1) is 18.0. The van der Waals surface area contributed by atoms with E-state index in [1.807, 2.05) is 0 Å². The van der Waals surface area contributed by atoms with Crippen molar-refractivity contribution in [2.45, 2.75) is 36.7 Å². The SMILES string of the molecule is O=C(NCc1ccc(O)c(-c2ccc(C(F)(F)F)nn2)c1)[C@@H]1CCCN1S(=O)(=O)c1cc2ccccc2o1. The number of fused-ring (bicyclic) bond motifs is 1. The maximum Gasteiger partial charge on any atom is 0.435 e. The van der Waals surface area contributed by atoms with Crippen LogP contribution in [0.2, 0.25) is 0 Å². The third kappa shape index (κ3) is 4.94. The number of nitrogens with zero attached hydrogens (tertiary/aromatic N) is 3. The summed E-state index contributed by atoms with van der Waals surface area (Å²) >= 11 is 0. The van der Waals surface area contributed by atoms with Crippen molar-refractivity contribution in [1.82, 2.24) is 19.8 Å². The summed E-state index contributed by atoms with van der Waals surface area (Å²) < 4.78 is 71.5. The molecule has 5 rings (SSSR count). The van der Waals surface area contributed by atoms with Crippen molar-refractivity contribution in [3.63, 3.8) is 0 Å². The third-order valence-electron chi connectivity index (χ3n) is 6.23. The van der Waals surface area contributed by atoms with Crippen LogP contribution < -0.4 is 5.32 Å². The van der Waals surface area contributed by atoms with E-state index >= 15 is 0 Å². The normalized spacial score (nSPS) is 16.7. The van der Waals surface area contributed by atoms with E-state index < -0.39 is 33.8 Å². The second-order valence-electron chi connectivity index (χ2n) is 8.75. The number of sulfonamides is 1. The van der Waals surface area contributed by atoms with Gasteiger partial charge in [0.2, 0.25) is 11.0 Å². The van der Waals surface area contributed by atoms with Crippen molar-refractivity contribution in [2.24, 2.45) is 0 Å². The van der Waals surface area contributed by atoms with Gasteiger partial charge in [-0.25, -0.2) is 8.42 Å². The number of hydrogen-bond acceptors (Lipinski definition) is 7. The molecular weight excluding hydrogens is 525 g/mol. The molecule has 38 heavy (non-hydrogen) atoms. The van der Waals surface area contributed by atoms with Crippen LogP contribution >= 0.6 is 0 Å². The number of carbonyl (C=O) groups excluding carboxylic acids is 1. The molecule has 2 aromatic carbocycles. The van der Waals surface area contributed by atoms with E-state index in [9.17, 15) is 31.5 Å². The number of halogens is 3. The molecule has 1 amide bonds. The van der Waals surface area contributed by atoms with Crippen LogP contribution in [0.5, 0.6) is 5.75 Å². The summed E-state index contributed by atoms with van der Waals surface area (Å²) in [5.74, 6) is -0.737. The number of furan rings is 1. The average molecular weight is 547 g/mol. The fourth-order valence-electron chi connectivity index (χ4n) is 4.32. The first-order valence-electron chi connectivity index (χ1n) is 11.6. The molecule has 4 aromatic rings. The first kappa shape index (κ1) is 25.7. The van der Waals surface area contributed by atoms with Gasteiger partial charge in [0.15, 0.2) is 5.69 Å². The number of phenols is 1. The van der Waals surface area contributed by atoms with E-state index in [1.54, 1.807) is 24.3 Å². The van der Waals surface area contributed by atoms with Gasteiger partial charge in [-0.3, -0.25) is 4.79 Å². The summed E-state index contributed by atoms with van der Waals surface area (Å²) in [6, 6.07) is 13.5. The van der Waals surface area contributed by atoms with Gasteiger partial charge in [-0.05, 0) is 48.7 Å². The maximum atomic E-state index is 13.3. The predicted octanol–water partition coefficient (Wildman–Crippen LogP) is 4.08. The Labute approximate surface area is 215 Å². The molecule has 0 aliphatic carbocycles. The lowest BCUT2D eigenvalue weighted by Crippen LogP contribution is -2.45. The quantitative estimate of drug-likeness (QED) is 0.373. The fourth-order valence-corrected chi connectivity index (χ4v) is 5.93. The summed E-state index contributed by atoms with van der Waals surface area (Å²) in [4.78, 5) is 13.0. The van der Waals surface area contributed by atoms with Crippen molar-refractivity contribution >= 4 is 26.9 Å². The van der Waals surface area contributed by atoms with Gasteiger partial charge in [-0.2, -0.15) is 17.5 Å². The van der Waals surface area contributed by atoms with Crippen LogP contribution in [0.4, 0.5) is 13.2 Å². The van der Waals surface area contributed by atoms with Crippen LogP contribution in [-0.4, -0.2) is 46.5 Å². The van der Waals surface area contributed by atoms with Crippen LogP contribution in [0.1, 0.15) is 24.1 Å². The van der Waals surface area contributed by atoms with E-state index in [4.69, 9.17) is 4.42 Å². The Hall–Kier alpha value is -3.97. The lowest BCUT2D eigenvalue weighted by molar-refractivity contribution is -0.141. The van der Waals surface area contributed by atoms with Crippen LogP contribution in [0.15, 0.2) is 70.2 Å². The Morgan fingerprint density at radius 1 is 1.11 bits per heavy atom. The first-order valence-corrected chi connectivity index (χ1v) is 13.0. The van der Waals surface area contributed by atoms with Gasteiger partial charge in [-0.1, -0.05) is 24.3 Å². The number of benzene rings is 2. The zero-order chi connectivity index (χ0) is 27.1. The number of amides is 1. The molecule has 3 heterocycles. The predicted molar refractivity (Wildman–Crippen MR) is 129 cm³/mol. The van der Waals surface area contributed by atoms with Gasteiger partial charge in [0.05, 0.1) is 5.69 Å². The zero-order valence-electron chi connectivity index (χ0n) is 19.6. The highest BCUT2D eigenvalue weighted by Gasteiger charge is 2.41. The van der Waals surface area contributed by atoms with Gasteiger partial charge in [0.25, 0.3) is 10.0 Å². The highest BCUT2D eigenvalue weighted by atomic mass is 32.2. The number of hydrogen-bond donors (Lipinski definition) is 2. The van der Waals surface area contributed by atoms with Crippen molar-refractivity contribution in [2.75, 3.05) is 6.54 Å². The smallest absolute Gasteiger partial charge is 0.435 e. The number of para-hydroxylation sites is 1. The lowest BCUT2D eigenvalue weighted by Gasteiger charge is -2.22. The van der Waals surface area contributed by atoms with Gasteiger partial charge in [0, 0.05) is 30.1 Å². The molecule has 198 valence electrons. The second-order valence-corrected chi connectivity index (χ2v) is 10.6. The van der Waals surface area contributed by atoms with Gasteiger partial charge in [-0.15, -0.1) is 10.2 Å². The minimum Gasteiger partial charge on any atom is -0.507 e. The fraction of sp³-hybridized carbons (Fsp3) is 0.240. The minimum atomic E-state index is -4.65. The minimum absolute atomic E-state index is 0.0163. The number of aromatic nitrogens is 2. The molecule has 1 aliphatic rings.